The smallest absolute Gasteiger partial charge is 0.0477 e. The van der Waals surface area contributed by atoms with Crippen molar-refractivity contribution in [3.63, 3.8) is 0 Å². The SMILES string of the molecule is CCOCCCNCCCC1CC1. The van der Waals surface area contributed by atoms with Gasteiger partial charge in [0.1, 0.15) is 0 Å². The average Bonchev–Trinajstić information content (AvgIpc) is 2.93. The highest BCUT2D eigenvalue weighted by Crippen LogP contribution is 2.33. The molecule has 0 atom stereocenters. The second kappa shape index (κ2) is 7.34. The molecular weight excluding hydrogens is 162 g/mol. The van der Waals surface area contributed by atoms with Crippen molar-refractivity contribution in [2.45, 2.75) is 39.0 Å². The number of rotatable bonds is 9. The first kappa shape index (κ1) is 11.0. The Morgan fingerprint density at radius 1 is 1.23 bits per heavy atom. The van der Waals surface area contributed by atoms with Gasteiger partial charge in [-0.1, -0.05) is 12.8 Å². The predicted molar refractivity (Wildman–Crippen MR) is 55.9 cm³/mol. The number of nitrogens with one attached hydrogen (secondary N) is 1. The van der Waals surface area contributed by atoms with Gasteiger partial charge >= 0.3 is 0 Å². The molecule has 13 heavy (non-hydrogen) atoms. The number of hydrogen-bond acceptors (Lipinski definition) is 2. The van der Waals surface area contributed by atoms with E-state index in [1.807, 2.05) is 6.92 Å². The van der Waals surface area contributed by atoms with Crippen molar-refractivity contribution in [2.75, 3.05) is 26.3 Å². The van der Waals surface area contributed by atoms with Crippen molar-refractivity contribution in [2.24, 2.45) is 5.92 Å². The Kier molecular flexibility index (Phi) is 6.21. The monoisotopic (exact) mass is 185 g/mol. The molecule has 1 aliphatic carbocycles. The van der Waals surface area contributed by atoms with Crippen LogP contribution >= 0.6 is 0 Å². The molecule has 1 N–H and O–H groups in total. The normalized spacial score (nSPS) is 16.4. The standard InChI is InChI=1S/C11H23NO/c1-2-13-10-4-9-12-8-3-5-11-6-7-11/h11-12H,2-10H2,1H3. The zero-order valence-corrected chi connectivity index (χ0v) is 8.85. The van der Waals surface area contributed by atoms with Crippen molar-refractivity contribution in [1.82, 2.24) is 5.32 Å². The van der Waals surface area contributed by atoms with E-state index in [2.05, 4.69) is 5.32 Å². The molecule has 0 aliphatic heterocycles. The molecule has 0 radical (unpaired) electrons. The molecule has 0 spiro atoms. The van der Waals surface area contributed by atoms with Crippen LogP contribution in [0.2, 0.25) is 0 Å². The van der Waals surface area contributed by atoms with Crippen LogP contribution in [0.3, 0.4) is 0 Å². The van der Waals surface area contributed by atoms with Crippen molar-refractivity contribution < 1.29 is 4.74 Å². The minimum absolute atomic E-state index is 0.849. The molecule has 0 aromatic carbocycles. The Morgan fingerprint density at radius 3 is 2.69 bits per heavy atom. The van der Waals surface area contributed by atoms with Crippen LogP contribution in [0.5, 0.6) is 0 Å². The van der Waals surface area contributed by atoms with E-state index in [1.165, 1.54) is 32.2 Å². The average molecular weight is 185 g/mol. The lowest BCUT2D eigenvalue weighted by Crippen LogP contribution is -2.18. The van der Waals surface area contributed by atoms with E-state index in [1.54, 1.807) is 0 Å². The molecule has 0 heterocycles. The molecule has 2 nitrogen and oxygen atoms in total. The molecule has 0 unspecified atom stereocenters. The van der Waals surface area contributed by atoms with Gasteiger partial charge in [0.2, 0.25) is 0 Å². The Hall–Kier alpha value is -0.0800. The van der Waals surface area contributed by atoms with Crippen LogP contribution < -0.4 is 5.32 Å². The van der Waals surface area contributed by atoms with E-state index in [0.717, 1.165) is 32.1 Å². The van der Waals surface area contributed by atoms with Crippen LogP contribution in [0.4, 0.5) is 0 Å². The lowest BCUT2D eigenvalue weighted by Gasteiger charge is -2.04. The first-order chi connectivity index (χ1) is 6.43. The van der Waals surface area contributed by atoms with E-state index in [0.29, 0.717) is 0 Å². The minimum Gasteiger partial charge on any atom is -0.382 e. The summed E-state index contributed by atoms with van der Waals surface area (Å²) in [6.07, 6.45) is 6.93. The zero-order chi connectivity index (χ0) is 9.36. The van der Waals surface area contributed by atoms with Gasteiger partial charge in [0.15, 0.2) is 0 Å². The summed E-state index contributed by atoms with van der Waals surface area (Å²) < 4.78 is 5.25. The van der Waals surface area contributed by atoms with Crippen LogP contribution in [-0.4, -0.2) is 26.3 Å². The van der Waals surface area contributed by atoms with E-state index in [4.69, 9.17) is 4.74 Å². The molecule has 0 bridgehead atoms. The zero-order valence-electron chi connectivity index (χ0n) is 8.85. The Bertz CT molecular complexity index is 113. The van der Waals surface area contributed by atoms with E-state index in [-0.39, 0.29) is 0 Å². The minimum atomic E-state index is 0.849. The quantitative estimate of drug-likeness (QED) is 0.556. The molecule has 0 aromatic rings. The van der Waals surface area contributed by atoms with Crippen LogP contribution in [-0.2, 0) is 4.74 Å². The summed E-state index contributed by atoms with van der Waals surface area (Å²) in [4.78, 5) is 0. The number of hydrogen-bond donors (Lipinski definition) is 1. The first-order valence-electron chi connectivity index (χ1n) is 5.72. The van der Waals surface area contributed by atoms with Gasteiger partial charge in [-0.05, 0) is 45.2 Å². The van der Waals surface area contributed by atoms with Crippen molar-refractivity contribution in [3.8, 4) is 0 Å². The van der Waals surface area contributed by atoms with Gasteiger partial charge < -0.3 is 10.1 Å². The Balaban J connectivity index is 1.63. The maximum atomic E-state index is 5.25. The molecular formula is C11H23NO. The van der Waals surface area contributed by atoms with Crippen molar-refractivity contribution in [1.29, 1.82) is 0 Å². The lowest BCUT2D eigenvalue weighted by molar-refractivity contribution is 0.145. The molecule has 0 aromatic heterocycles. The molecule has 1 aliphatic rings. The molecule has 1 rings (SSSR count). The highest BCUT2D eigenvalue weighted by molar-refractivity contribution is 4.72. The van der Waals surface area contributed by atoms with E-state index >= 15 is 0 Å². The summed E-state index contributed by atoms with van der Waals surface area (Å²) in [5, 5.41) is 3.45. The van der Waals surface area contributed by atoms with Crippen LogP contribution in [0.15, 0.2) is 0 Å². The largest absolute Gasteiger partial charge is 0.382 e. The highest BCUT2D eigenvalue weighted by atomic mass is 16.5. The molecule has 1 saturated carbocycles. The van der Waals surface area contributed by atoms with Gasteiger partial charge in [-0.2, -0.15) is 0 Å². The van der Waals surface area contributed by atoms with Gasteiger partial charge in [-0.3, -0.25) is 0 Å². The third kappa shape index (κ3) is 7.03. The summed E-state index contributed by atoms with van der Waals surface area (Å²) in [5.41, 5.74) is 0. The lowest BCUT2D eigenvalue weighted by atomic mass is 10.2. The van der Waals surface area contributed by atoms with Gasteiger partial charge in [-0.25, -0.2) is 0 Å². The fraction of sp³-hybridized carbons (Fsp3) is 1.00. The second-order valence-electron chi connectivity index (χ2n) is 3.89. The maximum Gasteiger partial charge on any atom is 0.0477 e. The molecule has 0 saturated heterocycles. The summed E-state index contributed by atoms with van der Waals surface area (Å²) in [7, 11) is 0. The fourth-order valence-electron chi connectivity index (χ4n) is 1.49. The Morgan fingerprint density at radius 2 is 2.00 bits per heavy atom. The fourth-order valence-corrected chi connectivity index (χ4v) is 1.49. The van der Waals surface area contributed by atoms with Gasteiger partial charge in [-0.15, -0.1) is 0 Å². The second-order valence-corrected chi connectivity index (χ2v) is 3.89. The first-order valence-corrected chi connectivity index (χ1v) is 5.72. The van der Waals surface area contributed by atoms with Crippen LogP contribution in [0.25, 0.3) is 0 Å². The van der Waals surface area contributed by atoms with Gasteiger partial charge in [0.25, 0.3) is 0 Å². The molecule has 1 fully saturated rings. The van der Waals surface area contributed by atoms with Gasteiger partial charge in [0, 0.05) is 13.2 Å². The predicted octanol–water partition coefficient (Wildman–Crippen LogP) is 2.19. The third-order valence-electron chi connectivity index (χ3n) is 2.51. The third-order valence-corrected chi connectivity index (χ3v) is 2.51. The topological polar surface area (TPSA) is 21.3 Å². The van der Waals surface area contributed by atoms with E-state index < -0.39 is 0 Å². The highest BCUT2D eigenvalue weighted by Gasteiger charge is 2.19. The summed E-state index contributed by atoms with van der Waals surface area (Å²) in [6, 6.07) is 0. The summed E-state index contributed by atoms with van der Waals surface area (Å²) in [5.74, 6) is 1.09. The summed E-state index contributed by atoms with van der Waals surface area (Å²) in [6.45, 7) is 6.12. The summed E-state index contributed by atoms with van der Waals surface area (Å²) >= 11 is 0. The van der Waals surface area contributed by atoms with Crippen LogP contribution in [0, 0.1) is 5.92 Å². The Labute approximate surface area is 82.0 Å². The number of ether oxygens (including phenoxy) is 1. The molecule has 2 heteroatoms. The van der Waals surface area contributed by atoms with E-state index in [9.17, 15) is 0 Å². The van der Waals surface area contributed by atoms with Crippen molar-refractivity contribution in [3.05, 3.63) is 0 Å². The maximum absolute atomic E-state index is 5.25. The molecule has 78 valence electrons. The van der Waals surface area contributed by atoms with Crippen molar-refractivity contribution >= 4 is 0 Å². The van der Waals surface area contributed by atoms with Crippen LogP contribution in [0.1, 0.15) is 39.0 Å². The van der Waals surface area contributed by atoms with Gasteiger partial charge in [0.05, 0.1) is 0 Å². The molecule has 0 amide bonds.